The molecule has 1 atom stereocenters. The van der Waals surface area contributed by atoms with Crippen LogP contribution in [0.25, 0.3) is 0 Å². The number of hydrogen-bond acceptors (Lipinski definition) is 4. The maximum absolute atomic E-state index is 6.04. The van der Waals surface area contributed by atoms with Crippen molar-refractivity contribution in [3.05, 3.63) is 11.2 Å². The van der Waals surface area contributed by atoms with Gasteiger partial charge in [-0.15, -0.1) is 0 Å². The zero-order chi connectivity index (χ0) is 13.1. The Balaban J connectivity index is 2.69. The lowest BCUT2D eigenvalue weighted by Gasteiger charge is -2.27. The first-order valence-electron chi connectivity index (χ1n) is 5.78. The number of nitrogens with one attached hydrogen (secondary N) is 2. The van der Waals surface area contributed by atoms with Crippen LogP contribution in [0.2, 0.25) is 5.02 Å². The standard InChI is InChI=1S/C12H21ClN4/c1-8(12(2,3)4)6-15-10-9(13)7-16-11(14-5)17-10/h7-8H,6H2,1-5H3,(H2,14,15,16,17). The second-order valence-corrected chi connectivity index (χ2v) is 5.70. The average molecular weight is 257 g/mol. The summed E-state index contributed by atoms with van der Waals surface area (Å²) in [6.45, 7) is 9.71. The molecule has 0 aliphatic heterocycles. The van der Waals surface area contributed by atoms with E-state index in [1.54, 1.807) is 13.2 Å². The summed E-state index contributed by atoms with van der Waals surface area (Å²) >= 11 is 6.04. The van der Waals surface area contributed by atoms with E-state index in [9.17, 15) is 0 Å². The molecule has 0 saturated heterocycles. The Morgan fingerprint density at radius 3 is 2.59 bits per heavy atom. The van der Waals surface area contributed by atoms with E-state index in [0.29, 0.717) is 22.7 Å². The summed E-state index contributed by atoms with van der Waals surface area (Å²) in [5.41, 5.74) is 0.262. The molecule has 0 radical (unpaired) electrons. The fourth-order valence-electron chi connectivity index (χ4n) is 1.17. The van der Waals surface area contributed by atoms with Crippen LogP contribution in [0.4, 0.5) is 11.8 Å². The minimum atomic E-state index is 0.262. The smallest absolute Gasteiger partial charge is 0.224 e. The summed E-state index contributed by atoms with van der Waals surface area (Å²) in [6.07, 6.45) is 1.60. The van der Waals surface area contributed by atoms with E-state index >= 15 is 0 Å². The molecule has 1 heterocycles. The normalized spacial score (nSPS) is 13.3. The summed E-state index contributed by atoms with van der Waals surface area (Å²) in [4.78, 5) is 8.32. The number of aromatic nitrogens is 2. The Kier molecular flexibility index (Phi) is 4.57. The van der Waals surface area contributed by atoms with Crippen LogP contribution in [0.1, 0.15) is 27.7 Å². The van der Waals surface area contributed by atoms with Crippen LogP contribution in [0.5, 0.6) is 0 Å². The second kappa shape index (κ2) is 5.54. The van der Waals surface area contributed by atoms with Crippen molar-refractivity contribution in [2.75, 3.05) is 24.2 Å². The number of anilines is 2. The first kappa shape index (κ1) is 14.0. The summed E-state index contributed by atoms with van der Waals surface area (Å²) in [7, 11) is 1.78. The summed E-state index contributed by atoms with van der Waals surface area (Å²) < 4.78 is 0. The number of hydrogen-bond donors (Lipinski definition) is 2. The van der Waals surface area contributed by atoms with Crippen molar-refractivity contribution in [3.8, 4) is 0 Å². The van der Waals surface area contributed by atoms with Crippen LogP contribution in [0.15, 0.2) is 6.20 Å². The lowest BCUT2D eigenvalue weighted by atomic mass is 9.82. The molecule has 1 aromatic rings. The Morgan fingerprint density at radius 1 is 1.41 bits per heavy atom. The minimum Gasteiger partial charge on any atom is -0.368 e. The van der Waals surface area contributed by atoms with Gasteiger partial charge in [-0.1, -0.05) is 39.3 Å². The number of halogens is 1. The lowest BCUT2D eigenvalue weighted by molar-refractivity contribution is 0.274. The molecule has 4 nitrogen and oxygen atoms in total. The van der Waals surface area contributed by atoms with Gasteiger partial charge in [-0.25, -0.2) is 4.98 Å². The van der Waals surface area contributed by atoms with Crippen molar-refractivity contribution in [1.29, 1.82) is 0 Å². The molecular formula is C12H21ClN4. The Bertz CT molecular complexity index is 373. The van der Waals surface area contributed by atoms with Crippen LogP contribution < -0.4 is 10.6 Å². The van der Waals surface area contributed by atoms with Crippen molar-refractivity contribution in [2.45, 2.75) is 27.7 Å². The van der Waals surface area contributed by atoms with E-state index in [-0.39, 0.29) is 5.41 Å². The van der Waals surface area contributed by atoms with Gasteiger partial charge in [0.25, 0.3) is 0 Å². The van der Waals surface area contributed by atoms with Crippen LogP contribution in [-0.2, 0) is 0 Å². The van der Waals surface area contributed by atoms with Gasteiger partial charge >= 0.3 is 0 Å². The molecule has 1 rings (SSSR count). The molecule has 96 valence electrons. The summed E-state index contributed by atoms with van der Waals surface area (Å²) in [6, 6.07) is 0. The average Bonchev–Trinajstić information content (AvgIpc) is 2.26. The fourth-order valence-corrected chi connectivity index (χ4v) is 1.33. The van der Waals surface area contributed by atoms with Gasteiger partial charge in [0.05, 0.1) is 6.20 Å². The van der Waals surface area contributed by atoms with Crippen molar-refractivity contribution in [2.24, 2.45) is 11.3 Å². The van der Waals surface area contributed by atoms with Crippen LogP contribution in [-0.4, -0.2) is 23.6 Å². The molecule has 0 fully saturated rings. The Labute approximate surface area is 108 Å². The Hall–Kier alpha value is -1.03. The van der Waals surface area contributed by atoms with Gasteiger partial charge in [-0.2, -0.15) is 4.98 Å². The molecule has 2 N–H and O–H groups in total. The third kappa shape index (κ3) is 4.04. The molecule has 17 heavy (non-hydrogen) atoms. The number of rotatable bonds is 4. The largest absolute Gasteiger partial charge is 0.368 e. The Morgan fingerprint density at radius 2 is 2.06 bits per heavy atom. The third-order valence-electron chi connectivity index (χ3n) is 3.02. The van der Waals surface area contributed by atoms with E-state index in [0.717, 1.165) is 6.54 Å². The van der Waals surface area contributed by atoms with E-state index < -0.39 is 0 Å². The highest BCUT2D eigenvalue weighted by Gasteiger charge is 2.20. The molecule has 0 amide bonds. The van der Waals surface area contributed by atoms with Crippen LogP contribution >= 0.6 is 11.6 Å². The zero-order valence-corrected chi connectivity index (χ0v) is 11.9. The van der Waals surface area contributed by atoms with Gasteiger partial charge in [0.1, 0.15) is 10.8 Å². The monoisotopic (exact) mass is 256 g/mol. The molecule has 0 spiro atoms. The first-order chi connectivity index (χ1) is 7.84. The molecule has 1 aromatic heterocycles. The molecule has 0 aliphatic carbocycles. The predicted molar refractivity (Wildman–Crippen MR) is 73.7 cm³/mol. The van der Waals surface area contributed by atoms with Gasteiger partial charge in [0.2, 0.25) is 5.95 Å². The molecule has 0 aromatic carbocycles. The molecule has 1 unspecified atom stereocenters. The minimum absolute atomic E-state index is 0.262. The van der Waals surface area contributed by atoms with Gasteiger partial charge in [0, 0.05) is 13.6 Å². The molecule has 0 bridgehead atoms. The first-order valence-corrected chi connectivity index (χ1v) is 6.16. The van der Waals surface area contributed by atoms with E-state index in [2.05, 4.69) is 48.3 Å². The second-order valence-electron chi connectivity index (χ2n) is 5.29. The van der Waals surface area contributed by atoms with Crippen molar-refractivity contribution in [1.82, 2.24) is 9.97 Å². The molecule has 5 heteroatoms. The van der Waals surface area contributed by atoms with Gasteiger partial charge in [0.15, 0.2) is 0 Å². The highest BCUT2D eigenvalue weighted by molar-refractivity contribution is 6.32. The topological polar surface area (TPSA) is 49.8 Å². The number of nitrogens with zero attached hydrogens (tertiary/aromatic N) is 2. The van der Waals surface area contributed by atoms with Gasteiger partial charge in [-0.3, -0.25) is 0 Å². The lowest BCUT2D eigenvalue weighted by Crippen LogP contribution is -2.25. The van der Waals surface area contributed by atoms with Crippen LogP contribution in [0.3, 0.4) is 0 Å². The summed E-state index contributed by atoms with van der Waals surface area (Å²) in [5, 5.41) is 6.71. The van der Waals surface area contributed by atoms with Crippen molar-refractivity contribution in [3.63, 3.8) is 0 Å². The van der Waals surface area contributed by atoms with Crippen molar-refractivity contribution >= 4 is 23.4 Å². The highest BCUT2D eigenvalue weighted by atomic mass is 35.5. The fraction of sp³-hybridized carbons (Fsp3) is 0.667. The maximum atomic E-state index is 6.04. The zero-order valence-electron chi connectivity index (χ0n) is 11.1. The van der Waals surface area contributed by atoms with E-state index in [1.807, 2.05) is 0 Å². The highest BCUT2D eigenvalue weighted by Crippen LogP contribution is 2.26. The molecular weight excluding hydrogens is 236 g/mol. The van der Waals surface area contributed by atoms with Crippen molar-refractivity contribution < 1.29 is 0 Å². The van der Waals surface area contributed by atoms with Gasteiger partial charge < -0.3 is 10.6 Å². The predicted octanol–water partition coefficient (Wildman–Crippen LogP) is 3.27. The molecule has 0 saturated carbocycles. The quantitative estimate of drug-likeness (QED) is 0.868. The van der Waals surface area contributed by atoms with Gasteiger partial charge in [-0.05, 0) is 11.3 Å². The SMILES string of the molecule is CNc1ncc(Cl)c(NCC(C)C(C)(C)C)n1. The molecule has 0 aliphatic rings. The summed E-state index contributed by atoms with van der Waals surface area (Å²) in [5.74, 6) is 1.77. The van der Waals surface area contributed by atoms with Crippen LogP contribution in [0, 0.1) is 11.3 Å². The maximum Gasteiger partial charge on any atom is 0.224 e. The van der Waals surface area contributed by atoms with E-state index in [1.165, 1.54) is 0 Å². The van der Waals surface area contributed by atoms with E-state index in [4.69, 9.17) is 11.6 Å². The third-order valence-corrected chi connectivity index (χ3v) is 3.30.